The molecule has 7 nitrogen and oxygen atoms in total. The molecule has 0 aromatic heterocycles. The monoisotopic (exact) mass is 455 g/mol. The van der Waals surface area contributed by atoms with Crippen molar-refractivity contribution in [2.45, 2.75) is 25.3 Å². The Balaban J connectivity index is 1.23. The van der Waals surface area contributed by atoms with Gasteiger partial charge in [-0.3, -0.25) is 29.5 Å². The van der Waals surface area contributed by atoms with Crippen molar-refractivity contribution < 1.29 is 14.5 Å². The minimum absolute atomic E-state index is 0.0924. The first-order valence-electron chi connectivity index (χ1n) is 11.6. The zero-order valence-corrected chi connectivity index (χ0v) is 18.7. The molecule has 1 unspecified atom stereocenters. The lowest BCUT2D eigenvalue weighted by molar-refractivity contribution is -0.384. The van der Waals surface area contributed by atoms with Gasteiger partial charge in [-0.25, -0.2) is 0 Å². The molecule has 0 spiro atoms. The molecule has 0 aliphatic carbocycles. The van der Waals surface area contributed by atoms with E-state index in [1.54, 1.807) is 24.3 Å². The van der Waals surface area contributed by atoms with Gasteiger partial charge in [0.15, 0.2) is 0 Å². The molecule has 2 aliphatic heterocycles. The van der Waals surface area contributed by atoms with Crippen LogP contribution in [-0.2, 0) is 0 Å². The zero-order valence-electron chi connectivity index (χ0n) is 18.7. The topological polar surface area (TPSA) is 83.8 Å². The van der Waals surface area contributed by atoms with Crippen molar-refractivity contribution >= 4 is 28.3 Å². The molecule has 0 saturated heterocycles. The van der Waals surface area contributed by atoms with E-state index < -0.39 is 0 Å². The van der Waals surface area contributed by atoms with Gasteiger partial charge >= 0.3 is 0 Å². The lowest BCUT2D eigenvalue weighted by Gasteiger charge is -2.33. The van der Waals surface area contributed by atoms with Crippen LogP contribution in [0.15, 0.2) is 72.8 Å². The fourth-order valence-corrected chi connectivity index (χ4v) is 4.99. The molecule has 1 atom stereocenters. The van der Waals surface area contributed by atoms with Gasteiger partial charge in [0.25, 0.3) is 17.5 Å². The largest absolute Gasteiger partial charge is 0.292 e. The van der Waals surface area contributed by atoms with Crippen LogP contribution >= 0.6 is 0 Å². The van der Waals surface area contributed by atoms with Crippen LogP contribution in [0.5, 0.6) is 0 Å². The normalized spacial score (nSPS) is 18.0. The number of carbonyl (C=O) groups is 2. The van der Waals surface area contributed by atoms with Crippen molar-refractivity contribution in [2.75, 3.05) is 19.6 Å². The van der Waals surface area contributed by atoms with E-state index in [1.807, 2.05) is 36.4 Å². The zero-order chi connectivity index (χ0) is 23.7. The molecule has 0 saturated carbocycles. The number of benzene rings is 3. The number of nitrogens with zero attached hydrogens (tertiary/aromatic N) is 3. The lowest BCUT2D eigenvalue weighted by atomic mass is 9.94. The van der Waals surface area contributed by atoms with Crippen LogP contribution in [0, 0.1) is 10.1 Å². The number of rotatable bonds is 7. The summed E-state index contributed by atoms with van der Waals surface area (Å²) in [7, 11) is 0. The Morgan fingerprint density at radius 3 is 2.15 bits per heavy atom. The van der Waals surface area contributed by atoms with E-state index in [9.17, 15) is 19.7 Å². The number of carbonyl (C=O) groups excluding carboxylic acids is 2. The summed E-state index contributed by atoms with van der Waals surface area (Å²) in [6, 6.07) is 18.1. The highest BCUT2D eigenvalue weighted by Crippen LogP contribution is 2.31. The SMILES string of the molecule is O=C1c2cccc3cccc(c23)C(=O)N1CCCCN1CC=CCC1c1ccc([N+](=O)[O-])cc1. The third kappa shape index (κ3) is 3.99. The van der Waals surface area contributed by atoms with Gasteiger partial charge in [-0.2, -0.15) is 0 Å². The molecule has 2 amide bonds. The second-order valence-electron chi connectivity index (χ2n) is 8.74. The molecule has 172 valence electrons. The van der Waals surface area contributed by atoms with E-state index in [0.29, 0.717) is 24.1 Å². The first kappa shape index (κ1) is 22.0. The quantitative estimate of drug-likeness (QED) is 0.162. The number of hydrogen-bond acceptors (Lipinski definition) is 5. The second-order valence-corrected chi connectivity index (χ2v) is 8.74. The molecule has 3 aromatic rings. The van der Waals surface area contributed by atoms with E-state index in [4.69, 9.17) is 0 Å². The van der Waals surface area contributed by atoms with Crippen LogP contribution in [0.25, 0.3) is 10.8 Å². The molecule has 7 heteroatoms. The highest BCUT2D eigenvalue weighted by Gasteiger charge is 2.32. The van der Waals surface area contributed by atoms with Crippen LogP contribution in [0.1, 0.15) is 51.6 Å². The van der Waals surface area contributed by atoms with Crippen molar-refractivity contribution in [1.29, 1.82) is 0 Å². The second kappa shape index (κ2) is 9.19. The van der Waals surface area contributed by atoms with Gasteiger partial charge in [-0.15, -0.1) is 0 Å². The molecular formula is C27H25N3O4. The van der Waals surface area contributed by atoms with Crippen LogP contribution in [0.4, 0.5) is 5.69 Å². The molecule has 34 heavy (non-hydrogen) atoms. The number of unbranched alkanes of at least 4 members (excludes halogenated alkanes) is 1. The Labute approximate surface area is 197 Å². The van der Waals surface area contributed by atoms with E-state index in [-0.39, 0.29) is 28.5 Å². The van der Waals surface area contributed by atoms with Crippen molar-refractivity contribution in [3.8, 4) is 0 Å². The van der Waals surface area contributed by atoms with Crippen LogP contribution in [0.3, 0.4) is 0 Å². The van der Waals surface area contributed by atoms with Crippen LogP contribution in [0.2, 0.25) is 0 Å². The summed E-state index contributed by atoms with van der Waals surface area (Å²) < 4.78 is 0. The summed E-state index contributed by atoms with van der Waals surface area (Å²) in [5.41, 5.74) is 2.33. The maximum Gasteiger partial charge on any atom is 0.269 e. The number of nitro groups is 1. The van der Waals surface area contributed by atoms with Gasteiger partial charge in [0.2, 0.25) is 0 Å². The fourth-order valence-electron chi connectivity index (χ4n) is 4.99. The Kier molecular flexibility index (Phi) is 5.94. The van der Waals surface area contributed by atoms with E-state index in [2.05, 4.69) is 17.1 Å². The average Bonchev–Trinajstić information content (AvgIpc) is 2.87. The maximum absolute atomic E-state index is 13.1. The molecule has 0 radical (unpaired) electrons. The standard InChI is InChI=1S/C27H25N3O4/c31-26-22-9-5-7-20-8-6-10-23(25(20)22)27(32)29(26)18-4-3-17-28-16-2-1-11-24(28)19-12-14-21(15-13-19)30(33)34/h1-2,5-10,12-15,24H,3-4,11,16-18H2. The van der Waals surface area contributed by atoms with Gasteiger partial charge in [0.1, 0.15) is 0 Å². The van der Waals surface area contributed by atoms with Crippen molar-refractivity contribution in [1.82, 2.24) is 9.80 Å². The fraction of sp³-hybridized carbons (Fsp3) is 0.259. The van der Waals surface area contributed by atoms with Gasteiger partial charge in [0, 0.05) is 47.8 Å². The van der Waals surface area contributed by atoms with Crippen LogP contribution in [-0.4, -0.2) is 46.2 Å². The predicted octanol–water partition coefficient (Wildman–Crippen LogP) is 5.13. The number of non-ortho nitro benzene ring substituents is 1. The van der Waals surface area contributed by atoms with Crippen molar-refractivity contribution in [3.05, 3.63) is 99.6 Å². The minimum Gasteiger partial charge on any atom is -0.292 e. The lowest BCUT2D eigenvalue weighted by Crippen LogP contribution is -2.41. The molecule has 5 rings (SSSR count). The summed E-state index contributed by atoms with van der Waals surface area (Å²) >= 11 is 0. The van der Waals surface area contributed by atoms with E-state index in [1.165, 1.54) is 4.90 Å². The molecule has 0 N–H and O–H groups in total. The number of imide groups is 1. The molecule has 0 bridgehead atoms. The van der Waals surface area contributed by atoms with Gasteiger partial charge in [-0.1, -0.05) is 48.6 Å². The summed E-state index contributed by atoms with van der Waals surface area (Å²) in [4.78, 5) is 40.4. The summed E-state index contributed by atoms with van der Waals surface area (Å²) in [5.74, 6) is -0.446. The smallest absolute Gasteiger partial charge is 0.269 e. The van der Waals surface area contributed by atoms with Crippen LogP contribution < -0.4 is 0 Å². The molecule has 0 fully saturated rings. The first-order valence-corrected chi connectivity index (χ1v) is 11.6. The highest BCUT2D eigenvalue weighted by atomic mass is 16.6. The molecule has 2 heterocycles. The van der Waals surface area contributed by atoms with Gasteiger partial charge in [-0.05, 0) is 48.9 Å². The Hall–Kier alpha value is -3.84. The highest BCUT2D eigenvalue weighted by molar-refractivity contribution is 6.25. The van der Waals surface area contributed by atoms with E-state index >= 15 is 0 Å². The Morgan fingerprint density at radius 1 is 0.853 bits per heavy atom. The summed E-state index contributed by atoms with van der Waals surface area (Å²) in [5, 5.41) is 12.6. The Morgan fingerprint density at radius 2 is 1.50 bits per heavy atom. The van der Waals surface area contributed by atoms with E-state index in [0.717, 1.165) is 42.3 Å². The maximum atomic E-state index is 13.1. The summed E-state index contributed by atoms with van der Waals surface area (Å²) in [6.45, 7) is 2.00. The molecule has 3 aromatic carbocycles. The summed E-state index contributed by atoms with van der Waals surface area (Å²) in [6.07, 6.45) is 6.67. The van der Waals surface area contributed by atoms with Gasteiger partial charge < -0.3 is 0 Å². The number of hydrogen-bond donors (Lipinski definition) is 0. The molecular weight excluding hydrogens is 430 g/mol. The number of nitro benzene ring substituents is 1. The minimum atomic E-state index is -0.385. The average molecular weight is 456 g/mol. The third-order valence-corrected chi connectivity index (χ3v) is 6.73. The van der Waals surface area contributed by atoms with Crippen molar-refractivity contribution in [2.24, 2.45) is 0 Å². The Bertz CT molecular complexity index is 1250. The van der Waals surface area contributed by atoms with Gasteiger partial charge in [0.05, 0.1) is 4.92 Å². The number of amides is 2. The first-order chi connectivity index (χ1) is 16.5. The predicted molar refractivity (Wildman–Crippen MR) is 130 cm³/mol. The van der Waals surface area contributed by atoms with Crippen molar-refractivity contribution in [3.63, 3.8) is 0 Å². The molecule has 2 aliphatic rings. The third-order valence-electron chi connectivity index (χ3n) is 6.73.